The largest absolute Gasteiger partial charge is 0.443 e. The monoisotopic (exact) mass is 286 g/mol. The van der Waals surface area contributed by atoms with Crippen molar-refractivity contribution in [2.24, 2.45) is 0 Å². The molecule has 1 amide bonds. The summed E-state index contributed by atoms with van der Waals surface area (Å²) in [6.45, 7) is 5.25. The molecule has 1 aromatic heterocycles. The van der Waals surface area contributed by atoms with Crippen LogP contribution >= 0.6 is 0 Å². The van der Waals surface area contributed by atoms with Crippen LogP contribution in [0.5, 0.6) is 0 Å². The minimum absolute atomic E-state index is 0.0680. The van der Waals surface area contributed by atoms with Crippen LogP contribution in [0.25, 0.3) is 11.5 Å². The van der Waals surface area contributed by atoms with E-state index in [-0.39, 0.29) is 11.9 Å². The number of benzene rings is 1. The van der Waals surface area contributed by atoms with E-state index in [2.05, 4.69) is 15.5 Å². The summed E-state index contributed by atoms with van der Waals surface area (Å²) in [7, 11) is 0. The molecule has 0 atom stereocenters. The van der Waals surface area contributed by atoms with Crippen molar-refractivity contribution in [2.45, 2.75) is 26.4 Å². The molecule has 0 fully saturated rings. The lowest BCUT2D eigenvalue weighted by molar-refractivity contribution is 0.0632. The van der Waals surface area contributed by atoms with Crippen molar-refractivity contribution in [3.8, 4) is 17.5 Å². The summed E-state index contributed by atoms with van der Waals surface area (Å²) in [6.07, 6.45) is -0.677. The van der Waals surface area contributed by atoms with Crippen LogP contribution in [0.2, 0.25) is 0 Å². The van der Waals surface area contributed by atoms with Gasteiger partial charge in [-0.15, -0.1) is 5.10 Å². The van der Waals surface area contributed by atoms with E-state index >= 15 is 0 Å². The van der Waals surface area contributed by atoms with Crippen LogP contribution in [0, 0.1) is 11.3 Å². The molecule has 108 valence electrons. The summed E-state index contributed by atoms with van der Waals surface area (Å²) in [6, 6.07) is 8.67. The topological polar surface area (TPSA) is 101 Å². The molecule has 0 saturated heterocycles. The lowest BCUT2D eigenvalue weighted by Crippen LogP contribution is -2.27. The number of aromatic nitrogens is 2. The van der Waals surface area contributed by atoms with Gasteiger partial charge in [-0.3, -0.25) is 0 Å². The fraction of sp³-hybridized carbons (Fsp3) is 0.286. The number of nitrogens with zero attached hydrogens (tertiary/aromatic N) is 3. The molecule has 2 rings (SSSR count). The van der Waals surface area contributed by atoms with Gasteiger partial charge in [0, 0.05) is 5.56 Å². The first-order valence-corrected chi connectivity index (χ1v) is 6.21. The zero-order chi connectivity index (χ0) is 15.5. The Hall–Kier alpha value is -2.88. The fourth-order valence-electron chi connectivity index (χ4n) is 1.50. The van der Waals surface area contributed by atoms with E-state index in [0.29, 0.717) is 11.1 Å². The molecule has 2 aromatic rings. The van der Waals surface area contributed by atoms with E-state index in [1.807, 2.05) is 6.07 Å². The number of nitriles is 1. The van der Waals surface area contributed by atoms with Gasteiger partial charge in [-0.25, -0.2) is 10.1 Å². The first kappa shape index (κ1) is 14.5. The van der Waals surface area contributed by atoms with Gasteiger partial charge in [0.1, 0.15) is 5.60 Å². The van der Waals surface area contributed by atoms with Gasteiger partial charge in [-0.1, -0.05) is 11.2 Å². The van der Waals surface area contributed by atoms with E-state index in [0.717, 1.165) is 0 Å². The predicted molar refractivity (Wildman–Crippen MR) is 74.3 cm³/mol. The molecule has 0 saturated carbocycles. The first-order chi connectivity index (χ1) is 9.87. The highest BCUT2D eigenvalue weighted by Gasteiger charge is 2.18. The maximum absolute atomic E-state index is 11.6. The average Bonchev–Trinajstić information content (AvgIpc) is 2.85. The molecule has 0 unspecified atom stereocenters. The molecule has 0 aliphatic rings. The van der Waals surface area contributed by atoms with Crippen molar-refractivity contribution in [1.82, 2.24) is 10.2 Å². The number of rotatable bonds is 2. The number of hydrogen-bond donors (Lipinski definition) is 1. The van der Waals surface area contributed by atoms with Gasteiger partial charge in [0.25, 0.3) is 0 Å². The maximum Gasteiger partial charge on any atom is 0.415 e. The number of carbonyl (C=O) groups excluding carboxylic acids is 1. The normalized spacial score (nSPS) is 10.8. The Morgan fingerprint density at radius 2 is 2.14 bits per heavy atom. The molecule has 7 nitrogen and oxygen atoms in total. The quantitative estimate of drug-likeness (QED) is 0.910. The van der Waals surface area contributed by atoms with Crippen molar-refractivity contribution in [1.29, 1.82) is 5.26 Å². The minimum atomic E-state index is -0.677. The Labute approximate surface area is 121 Å². The Morgan fingerprint density at radius 3 is 2.81 bits per heavy atom. The summed E-state index contributed by atoms with van der Waals surface area (Å²) in [5, 5.41) is 18.7. The Morgan fingerprint density at radius 1 is 1.38 bits per heavy atom. The van der Waals surface area contributed by atoms with Crippen LogP contribution in [-0.4, -0.2) is 21.9 Å². The van der Waals surface area contributed by atoms with Gasteiger partial charge in [-0.2, -0.15) is 5.26 Å². The summed E-state index contributed by atoms with van der Waals surface area (Å²) in [4.78, 5) is 11.6. The molecule has 1 aromatic carbocycles. The Kier molecular flexibility index (Phi) is 3.89. The van der Waals surface area contributed by atoms with Crippen LogP contribution in [-0.2, 0) is 4.74 Å². The predicted octanol–water partition coefficient (Wildman–Crippen LogP) is 2.96. The molecular weight excluding hydrogens is 272 g/mol. The molecular formula is C14H14N4O3. The highest BCUT2D eigenvalue weighted by atomic mass is 16.6. The van der Waals surface area contributed by atoms with Gasteiger partial charge in [0.15, 0.2) is 0 Å². The van der Waals surface area contributed by atoms with Gasteiger partial charge in [0.2, 0.25) is 5.89 Å². The SMILES string of the molecule is CC(C)(C)OC(=O)Nc1nnc(-c2cccc(C#N)c2)o1. The molecule has 0 aliphatic heterocycles. The second-order valence-corrected chi connectivity index (χ2v) is 5.23. The van der Waals surface area contributed by atoms with Crippen LogP contribution in [0.3, 0.4) is 0 Å². The third-order valence-electron chi connectivity index (χ3n) is 2.27. The van der Waals surface area contributed by atoms with Crippen molar-refractivity contribution in [2.75, 3.05) is 5.32 Å². The zero-order valence-corrected chi connectivity index (χ0v) is 11.9. The minimum Gasteiger partial charge on any atom is -0.443 e. The molecule has 0 bridgehead atoms. The van der Waals surface area contributed by atoms with Crippen LogP contribution in [0.15, 0.2) is 28.7 Å². The molecule has 21 heavy (non-hydrogen) atoms. The lowest BCUT2D eigenvalue weighted by Gasteiger charge is -2.18. The highest BCUT2D eigenvalue weighted by molar-refractivity contribution is 5.82. The second-order valence-electron chi connectivity index (χ2n) is 5.23. The van der Waals surface area contributed by atoms with Gasteiger partial charge >= 0.3 is 12.1 Å². The van der Waals surface area contributed by atoms with E-state index < -0.39 is 11.7 Å². The number of nitrogens with one attached hydrogen (secondary N) is 1. The number of anilines is 1. The number of amides is 1. The summed E-state index contributed by atoms with van der Waals surface area (Å²) in [5.74, 6) is 0.207. The molecule has 0 spiro atoms. The van der Waals surface area contributed by atoms with Crippen molar-refractivity contribution in [3.63, 3.8) is 0 Å². The fourth-order valence-corrected chi connectivity index (χ4v) is 1.50. The average molecular weight is 286 g/mol. The van der Waals surface area contributed by atoms with Crippen LogP contribution < -0.4 is 5.32 Å². The van der Waals surface area contributed by atoms with E-state index in [9.17, 15) is 4.79 Å². The standard InChI is InChI=1S/C14H14N4O3/c1-14(2,3)21-13(19)16-12-18-17-11(20-12)10-6-4-5-9(7-10)8-15/h4-7H,1-3H3,(H,16,18,19). The van der Waals surface area contributed by atoms with Crippen LogP contribution in [0.4, 0.5) is 10.8 Å². The molecule has 0 aliphatic carbocycles. The summed E-state index contributed by atoms with van der Waals surface area (Å²) >= 11 is 0. The van der Waals surface area contributed by atoms with E-state index in [1.165, 1.54) is 0 Å². The van der Waals surface area contributed by atoms with Gasteiger partial charge < -0.3 is 9.15 Å². The molecule has 1 heterocycles. The maximum atomic E-state index is 11.6. The van der Waals surface area contributed by atoms with Crippen molar-refractivity contribution >= 4 is 12.1 Å². The van der Waals surface area contributed by atoms with Gasteiger partial charge in [0.05, 0.1) is 11.6 Å². The molecule has 0 radical (unpaired) electrons. The first-order valence-electron chi connectivity index (χ1n) is 6.21. The second kappa shape index (κ2) is 5.63. The Bertz CT molecular complexity index is 695. The summed E-state index contributed by atoms with van der Waals surface area (Å²) in [5.41, 5.74) is 0.458. The van der Waals surface area contributed by atoms with Crippen molar-refractivity contribution in [3.05, 3.63) is 29.8 Å². The molecule has 1 N–H and O–H groups in total. The zero-order valence-electron chi connectivity index (χ0n) is 11.9. The summed E-state index contributed by atoms with van der Waals surface area (Å²) < 4.78 is 10.4. The smallest absolute Gasteiger partial charge is 0.415 e. The van der Waals surface area contributed by atoms with E-state index in [1.54, 1.807) is 45.0 Å². The number of carbonyl (C=O) groups is 1. The highest BCUT2D eigenvalue weighted by Crippen LogP contribution is 2.21. The number of ether oxygens (including phenoxy) is 1. The number of hydrogen-bond acceptors (Lipinski definition) is 6. The Balaban J connectivity index is 2.11. The third kappa shape index (κ3) is 4.04. The molecule has 7 heteroatoms. The van der Waals surface area contributed by atoms with Crippen LogP contribution in [0.1, 0.15) is 26.3 Å². The van der Waals surface area contributed by atoms with E-state index in [4.69, 9.17) is 14.4 Å². The van der Waals surface area contributed by atoms with Gasteiger partial charge in [-0.05, 0) is 39.0 Å². The van der Waals surface area contributed by atoms with Crippen molar-refractivity contribution < 1.29 is 13.9 Å². The third-order valence-corrected chi connectivity index (χ3v) is 2.27. The lowest BCUT2D eigenvalue weighted by atomic mass is 10.1.